The maximum atomic E-state index is 12.7. The minimum atomic E-state index is -0.0624. The topological polar surface area (TPSA) is 82.8 Å². The second-order valence-electron chi connectivity index (χ2n) is 8.13. The van der Waals surface area contributed by atoms with Crippen LogP contribution in [0.5, 0.6) is 0 Å². The van der Waals surface area contributed by atoms with Crippen molar-refractivity contribution in [1.29, 1.82) is 0 Å². The molecule has 1 aliphatic carbocycles. The second-order valence-corrected chi connectivity index (χ2v) is 9.07. The Morgan fingerprint density at radius 1 is 1.03 bits per heavy atom. The van der Waals surface area contributed by atoms with Gasteiger partial charge in [0, 0.05) is 26.2 Å². The van der Waals surface area contributed by atoms with Gasteiger partial charge in [-0.15, -0.1) is 11.3 Å². The van der Waals surface area contributed by atoms with E-state index in [9.17, 15) is 9.59 Å². The molecule has 8 nitrogen and oxygen atoms in total. The number of carbonyl (C=O) groups excluding carboxylic acids is 2. The van der Waals surface area contributed by atoms with E-state index >= 15 is 0 Å². The van der Waals surface area contributed by atoms with E-state index in [1.807, 2.05) is 17.5 Å². The SMILES string of the molecule is O=C1C2CCCCC2C(=O)N1CN1CCN(Cc2nc(-c3cccs3)no2)CC1. The van der Waals surface area contributed by atoms with Gasteiger partial charge in [0.25, 0.3) is 0 Å². The average Bonchev–Trinajstić information content (AvgIpc) is 3.48. The summed E-state index contributed by atoms with van der Waals surface area (Å²) < 4.78 is 5.40. The zero-order chi connectivity index (χ0) is 19.8. The van der Waals surface area contributed by atoms with Crippen molar-refractivity contribution in [1.82, 2.24) is 24.8 Å². The van der Waals surface area contributed by atoms with Crippen molar-refractivity contribution in [2.24, 2.45) is 11.8 Å². The molecule has 2 amide bonds. The van der Waals surface area contributed by atoms with Gasteiger partial charge < -0.3 is 4.52 Å². The smallest absolute Gasteiger partial charge is 0.241 e. The standard InChI is InChI=1S/C20H25N5O3S/c26-19-14-4-1-2-5-15(14)20(27)25(19)13-24-9-7-23(8-10-24)12-17-21-18(22-28-17)16-6-3-11-29-16/h3,6,11,14-15H,1-2,4-5,7-10,12-13H2. The highest BCUT2D eigenvalue weighted by Gasteiger charge is 2.48. The number of piperazine rings is 1. The molecule has 29 heavy (non-hydrogen) atoms. The van der Waals surface area contributed by atoms with Crippen molar-refractivity contribution in [3.63, 3.8) is 0 Å². The molecule has 9 heteroatoms. The fraction of sp³-hybridized carbons (Fsp3) is 0.600. The van der Waals surface area contributed by atoms with E-state index in [2.05, 4.69) is 19.9 Å². The van der Waals surface area contributed by atoms with Crippen molar-refractivity contribution in [2.45, 2.75) is 32.2 Å². The van der Waals surface area contributed by atoms with Crippen LogP contribution in [-0.4, -0.2) is 69.5 Å². The van der Waals surface area contributed by atoms with E-state index in [4.69, 9.17) is 4.52 Å². The number of rotatable bonds is 5. The Kier molecular flexibility index (Phi) is 5.19. The van der Waals surface area contributed by atoms with Crippen LogP contribution in [0.2, 0.25) is 0 Å². The van der Waals surface area contributed by atoms with Crippen LogP contribution in [0, 0.1) is 11.8 Å². The van der Waals surface area contributed by atoms with Gasteiger partial charge in [0.1, 0.15) is 0 Å². The first-order valence-electron chi connectivity index (χ1n) is 10.4. The molecule has 3 fully saturated rings. The Labute approximate surface area is 173 Å². The van der Waals surface area contributed by atoms with E-state index in [1.165, 1.54) is 4.90 Å². The van der Waals surface area contributed by atoms with Gasteiger partial charge in [-0.25, -0.2) is 0 Å². The molecule has 5 rings (SSSR count). The van der Waals surface area contributed by atoms with Gasteiger partial charge in [-0.1, -0.05) is 24.1 Å². The molecule has 0 aromatic carbocycles. The molecule has 0 spiro atoms. The largest absolute Gasteiger partial charge is 0.338 e. The molecule has 2 aromatic heterocycles. The molecular formula is C20H25N5O3S. The summed E-state index contributed by atoms with van der Waals surface area (Å²) in [6, 6.07) is 3.95. The third-order valence-corrected chi connectivity index (χ3v) is 7.17. The summed E-state index contributed by atoms with van der Waals surface area (Å²) in [5.74, 6) is 1.24. The molecule has 0 radical (unpaired) electrons. The first kappa shape index (κ1) is 18.9. The molecule has 0 N–H and O–H groups in total. The zero-order valence-corrected chi connectivity index (χ0v) is 17.1. The summed E-state index contributed by atoms with van der Waals surface area (Å²) in [6.45, 7) is 4.38. The van der Waals surface area contributed by atoms with Gasteiger partial charge in [0.15, 0.2) is 0 Å². The number of imide groups is 1. The highest BCUT2D eigenvalue weighted by Crippen LogP contribution is 2.38. The average molecular weight is 416 g/mol. The van der Waals surface area contributed by atoms with E-state index in [1.54, 1.807) is 11.3 Å². The predicted octanol–water partition coefficient (Wildman–Crippen LogP) is 2.05. The third kappa shape index (κ3) is 3.74. The monoisotopic (exact) mass is 415 g/mol. The molecule has 1 saturated carbocycles. The number of amides is 2. The van der Waals surface area contributed by atoms with Gasteiger partial charge in [-0.05, 0) is 24.3 Å². The van der Waals surface area contributed by atoms with E-state index in [0.29, 0.717) is 24.9 Å². The van der Waals surface area contributed by atoms with Crippen LogP contribution in [0.15, 0.2) is 22.0 Å². The molecule has 3 aliphatic rings. The van der Waals surface area contributed by atoms with Crippen LogP contribution in [0.1, 0.15) is 31.6 Å². The maximum Gasteiger partial charge on any atom is 0.241 e. The number of fused-ring (bicyclic) bond motifs is 1. The lowest BCUT2D eigenvalue weighted by Gasteiger charge is -2.35. The van der Waals surface area contributed by atoms with E-state index in [-0.39, 0.29) is 23.7 Å². The molecular weight excluding hydrogens is 390 g/mol. The van der Waals surface area contributed by atoms with Crippen molar-refractivity contribution < 1.29 is 14.1 Å². The second kappa shape index (κ2) is 7.97. The summed E-state index contributed by atoms with van der Waals surface area (Å²) in [5.41, 5.74) is 0. The van der Waals surface area contributed by atoms with E-state index < -0.39 is 0 Å². The minimum absolute atomic E-state index is 0.0501. The fourth-order valence-electron chi connectivity index (χ4n) is 4.68. The first-order valence-corrected chi connectivity index (χ1v) is 11.2. The number of carbonyl (C=O) groups is 2. The number of hydrogen-bond acceptors (Lipinski definition) is 8. The normalized spacial score (nSPS) is 26.3. The molecule has 2 aromatic rings. The number of likely N-dealkylation sites (tertiary alicyclic amines) is 1. The van der Waals surface area contributed by atoms with Crippen molar-refractivity contribution in [2.75, 3.05) is 32.8 Å². The molecule has 4 heterocycles. The maximum absolute atomic E-state index is 12.7. The number of hydrogen-bond donors (Lipinski definition) is 0. The molecule has 2 unspecified atom stereocenters. The van der Waals surface area contributed by atoms with Gasteiger partial charge in [0.2, 0.25) is 23.5 Å². The Morgan fingerprint density at radius 2 is 1.72 bits per heavy atom. The molecule has 154 valence electrons. The van der Waals surface area contributed by atoms with Gasteiger partial charge in [0.05, 0.1) is 29.9 Å². The van der Waals surface area contributed by atoms with Gasteiger partial charge >= 0.3 is 0 Å². The van der Waals surface area contributed by atoms with Crippen LogP contribution in [0.4, 0.5) is 0 Å². The minimum Gasteiger partial charge on any atom is -0.338 e. The highest BCUT2D eigenvalue weighted by atomic mass is 32.1. The van der Waals surface area contributed by atoms with Gasteiger partial charge in [-0.2, -0.15) is 4.98 Å². The molecule has 0 bridgehead atoms. The quantitative estimate of drug-likeness (QED) is 0.691. The van der Waals surface area contributed by atoms with Crippen LogP contribution in [0.3, 0.4) is 0 Å². The first-order chi connectivity index (χ1) is 14.2. The summed E-state index contributed by atoms with van der Waals surface area (Å²) >= 11 is 1.59. The predicted molar refractivity (Wildman–Crippen MR) is 107 cm³/mol. The van der Waals surface area contributed by atoms with Crippen molar-refractivity contribution in [3.8, 4) is 10.7 Å². The Morgan fingerprint density at radius 3 is 2.38 bits per heavy atom. The highest BCUT2D eigenvalue weighted by molar-refractivity contribution is 7.13. The molecule has 2 saturated heterocycles. The van der Waals surface area contributed by atoms with E-state index in [0.717, 1.165) is 56.7 Å². The van der Waals surface area contributed by atoms with Crippen LogP contribution in [-0.2, 0) is 16.1 Å². The summed E-state index contributed by atoms with van der Waals surface area (Å²) in [7, 11) is 0. The Balaban J connectivity index is 1.13. The van der Waals surface area contributed by atoms with Crippen molar-refractivity contribution in [3.05, 3.63) is 23.4 Å². The summed E-state index contributed by atoms with van der Waals surface area (Å²) in [4.78, 5) is 36.8. The Hall–Kier alpha value is -2.10. The number of thiophene rings is 1. The van der Waals surface area contributed by atoms with Crippen LogP contribution in [0.25, 0.3) is 10.7 Å². The van der Waals surface area contributed by atoms with Crippen molar-refractivity contribution >= 4 is 23.2 Å². The molecule has 2 atom stereocenters. The van der Waals surface area contributed by atoms with Gasteiger partial charge in [-0.3, -0.25) is 24.3 Å². The lowest BCUT2D eigenvalue weighted by molar-refractivity contribution is -0.142. The lowest BCUT2D eigenvalue weighted by Crippen LogP contribution is -2.51. The van der Waals surface area contributed by atoms with Crippen LogP contribution >= 0.6 is 11.3 Å². The number of aromatic nitrogens is 2. The fourth-order valence-corrected chi connectivity index (χ4v) is 5.32. The third-order valence-electron chi connectivity index (χ3n) is 6.31. The summed E-state index contributed by atoms with van der Waals surface area (Å²) in [6.07, 6.45) is 3.88. The zero-order valence-electron chi connectivity index (χ0n) is 16.3. The lowest BCUT2D eigenvalue weighted by atomic mass is 9.81. The van der Waals surface area contributed by atoms with Crippen LogP contribution < -0.4 is 0 Å². The number of nitrogens with zero attached hydrogens (tertiary/aromatic N) is 5. The molecule has 2 aliphatic heterocycles. The Bertz CT molecular complexity index is 851. The summed E-state index contributed by atoms with van der Waals surface area (Å²) in [5, 5.41) is 6.06.